The zero-order valence-corrected chi connectivity index (χ0v) is 16.6. The Kier molecular flexibility index (Phi) is 4.68. The van der Waals surface area contributed by atoms with Gasteiger partial charge in [0.15, 0.2) is 5.78 Å². The zero-order valence-electron chi connectivity index (χ0n) is 16.6. The van der Waals surface area contributed by atoms with Gasteiger partial charge in [0.2, 0.25) is 0 Å². The number of carbonyl (C=O) groups excluding carboxylic acids is 1. The predicted molar refractivity (Wildman–Crippen MR) is 102 cm³/mol. The highest BCUT2D eigenvalue weighted by Gasteiger charge is 2.68. The van der Waals surface area contributed by atoms with Crippen molar-refractivity contribution < 1.29 is 30.3 Å². The summed E-state index contributed by atoms with van der Waals surface area (Å²) in [7, 11) is 0. The molecule has 156 valence electrons. The molecule has 6 nitrogen and oxygen atoms in total. The number of ketones is 1. The molecule has 4 aliphatic rings. The standard InChI is InChI=1S/C22H32O6/c1-20-5-3-13(25)8-16(20)12(10-23)7-14-15-4-6-22(28,18(27)11-24)21(15,2)9-17(26)19(14)20/h3,5,8,12,14-15,17-19,23-24,26-28H,4,6-7,9-11H2,1-2H3/t12-,14+,15+,17+,18?,19-,20+,21+,22+/m1/s1. The molecular formula is C22H32O6. The third kappa shape index (κ3) is 2.42. The Balaban J connectivity index is 1.78. The largest absolute Gasteiger partial charge is 0.396 e. The van der Waals surface area contributed by atoms with Crippen LogP contribution in [0.15, 0.2) is 23.8 Å². The van der Waals surface area contributed by atoms with Crippen LogP contribution < -0.4 is 0 Å². The van der Waals surface area contributed by atoms with E-state index in [1.54, 1.807) is 12.2 Å². The third-order valence-electron chi connectivity index (χ3n) is 8.82. The number of carbonyl (C=O) groups is 1. The average Bonchev–Trinajstić information content (AvgIpc) is 2.92. The number of fused-ring (bicyclic) bond motifs is 5. The first-order valence-electron chi connectivity index (χ1n) is 10.4. The minimum Gasteiger partial charge on any atom is -0.396 e. The van der Waals surface area contributed by atoms with Gasteiger partial charge in [0, 0.05) is 29.3 Å². The smallest absolute Gasteiger partial charge is 0.178 e. The van der Waals surface area contributed by atoms with Gasteiger partial charge in [-0.1, -0.05) is 25.5 Å². The lowest BCUT2D eigenvalue weighted by Crippen LogP contribution is -2.63. The van der Waals surface area contributed by atoms with Gasteiger partial charge < -0.3 is 25.5 Å². The highest BCUT2D eigenvalue weighted by molar-refractivity contribution is 6.01. The molecule has 0 aromatic carbocycles. The van der Waals surface area contributed by atoms with Gasteiger partial charge in [-0.25, -0.2) is 0 Å². The molecule has 0 aliphatic heterocycles. The van der Waals surface area contributed by atoms with Crippen molar-refractivity contribution in [1.82, 2.24) is 0 Å². The molecule has 6 heteroatoms. The topological polar surface area (TPSA) is 118 Å². The molecule has 0 aromatic heterocycles. The van der Waals surface area contributed by atoms with Crippen molar-refractivity contribution in [1.29, 1.82) is 0 Å². The number of allylic oxidation sites excluding steroid dienone is 3. The lowest BCUT2D eigenvalue weighted by molar-refractivity contribution is -0.206. The Morgan fingerprint density at radius 1 is 1.29 bits per heavy atom. The van der Waals surface area contributed by atoms with Crippen LogP contribution in [0.25, 0.3) is 0 Å². The van der Waals surface area contributed by atoms with Crippen LogP contribution in [0.5, 0.6) is 0 Å². The fourth-order valence-corrected chi connectivity index (χ4v) is 7.46. The van der Waals surface area contributed by atoms with E-state index in [2.05, 4.69) is 0 Å². The summed E-state index contributed by atoms with van der Waals surface area (Å²) >= 11 is 0. The molecule has 5 N–H and O–H groups in total. The molecule has 0 spiro atoms. The molecule has 4 rings (SSSR count). The summed E-state index contributed by atoms with van der Waals surface area (Å²) < 4.78 is 0. The van der Waals surface area contributed by atoms with E-state index < -0.39 is 35.2 Å². The van der Waals surface area contributed by atoms with Gasteiger partial charge >= 0.3 is 0 Å². The van der Waals surface area contributed by atoms with Gasteiger partial charge in [0.25, 0.3) is 0 Å². The lowest BCUT2D eigenvalue weighted by atomic mass is 9.44. The average molecular weight is 392 g/mol. The minimum atomic E-state index is -1.44. The van der Waals surface area contributed by atoms with Gasteiger partial charge in [-0.15, -0.1) is 0 Å². The second-order valence-electron chi connectivity index (χ2n) is 9.88. The first kappa shape index (κ1) is 20.2. The molecule has 28 heavy (non-hydrogen) atoms. The molecular weight excluding hydrogens is 360 g/mol. The van der Waals surface area contributed by atoms with Crippen molar-refractivity contribution in [3.8, 4) is 0 Å². The maximum Gasteiger partial charge on any atom is 0.178 e. The Morgan fingerprint density at radius 2 is 2.00 bits per heavy atom. The Labute approximate surface area is 165 Å². The molecule has 4 aliphatic carbocycles. The highest BCUT2D eigenvalue weighted by atomic mass is 16.4. The van der Waals surface area contributed by atoms with Crippen LogP contribution in [0.2, 0.25) is 0 Å². The summed E-state index contributed by atoms with van der Waals surface area (Å²) in [5.74, 6) is -0.249. The van der Waals surface area contributed by atoms with Crippen LogP contribution >= 0.6 is 0 Å². The molecule has 3 fully saturated rings. The van der Waals surface area contributed by atoms with Crippen LogP contribution in [0.1, 0.15) is 39.5 Å². The van der Waals surface area contributed by atoms with Crippen molar-refractivity contribution in [3.63, 3.8) is 0 Å². The van der Waals surface area contributed by atoms with Gasteiger partial charge in [-0.3, -0.25) is 4.79 Å². The lowest BCUT2D eigenvalue weighted by Gasteiger charge is -2.61. The second-order valence-corrected chi connectivity index (χ2v) is 9.88. The SMILES string of the molecule is C[C@]12C=CC(=O)C=C1[C@@H](CO)C[C@@H]1[C@@H]2[C@@H](O)C[C@@]2(C)[C@H]1CC[C@]2(O)C(O)CO. The van der Waals surface area contributed by atoms with Gasteiger partial charge in [0.1, 0.15) is 6.10 Å². The van der Waals surface area contributed by atoms with Crippen LogP contribution in [-0.2, 0) is 4.79 Å². The minimum absolute atomic E-state index is 0.0471. The van der Waals surface area contributed by atoms with Crippen LogP contribution in [0, 0.1) is 34.5 Å². The van der Waals surface area contributed by atoms with Crippen molar-refractivity contribution in [2.75, 3.05) is 13.2 Å². The maximum absolute atomic E-state index is 12.0. The van der Waals surface area contributed by atoms with Crippen molar-refractivity contribution in [2.45, 2.75) is 57.3 Å². The number of hydrogen-bond acceptors (Lipinski definition) is 6. The fraction of sp³-hybridized carbons (Fsp3) is 0.773. The van der Waals surface area contributed by atoms with Crippen molar-refractivity contribution in [3.05, 3.63) is 23.8 Å². The summed E-state index contributed by atoms with van der Waals surface area (Å²) in [6.07, 6.45) is 5.17. The van der Waals surface area contributed by atoms with Gasteiger partial charge in [-0.05, 0) is 49.7 Å². The molecule has 0 heterocycles. The Morgan fingerprint density at radius 3 is 2.64 bits per heavy atom. The van der Waals surface area contributed by atoms with E-state index in [-0.39, 0.29) is 36.1 Å². The van der Waals surface area contributed by atoms with Gasteiger partial charge in [0.05, 0.1) is 18.3 Å². The fourth-order valence-electron chi connectivity index (χ4n) is 7.46. The van der Waals surface area contributed by atoms with Crippen LogP contribution in [-0.4, -0.2) is 62.3 Å². The molecule has 0 amide bonds. The number of aliphatic hydroxyl groups excluding tert-OH is 4. The van der Waals surface area contributed by atoms with E-state index in [0.717, 1.165) is 5.57 Å². The van der Waals surface area contributed by atoms with E-state index >= 15 is 0 Å². The Hall–Kier alpha value is -1.05. The molecule has 3 saturated carbocycles. The second kappa shape index (κ2) is 6.47. The molecule has 9 atom stereocenters. The molecule has 1 unspecified atom stereocenters. The third-order valence-corrected chi connectivity index (χ3v) is 8.82. The van der Waals surface area contributed by atoms with Gasteiger partial charge in [-0.2, -0.15) is 0 Å². The first-order chi connectivity index (χ1) is 13.1. The monoisotopic (exact) mass is 392 g/mol. The summed E-state index contributed by atoms with van der Waals surface area (Å²) in [5, 5.41) is 52.6. The number of aliphatic hydroxyl groups is 5. The summed E-state index contributed by atoms with van der Waals surface area (Å²) in [4.78, 5) is 12.0. The normalized spacial score (nSPS) is 51.2. The predicted octanol–water partition coefficient (Wildman–Crippen LogP) is 0.568. The summed E-state index contributed by atoms with van der Waals surface area (Å²) in [6, 6.07) is 0. The summed E-state index contributed by atoms with van der Waals surface area (Å²) in [6.45, 7) is 3.38. The maximum atomic E-state index is 12.0. The highest BCUT2D eigenvalue weighted by Crippen LogP contribution is 2.68. The van der Waals surface area contributed by atoms with Crippen LogP contribution in [0.3, 0.4) is 0 Å². The first-order valence-corrected chi connectivity index (χ1v) is 10.4. The van der Waals surface area contributed by atoms with E-state index in [4.69, 9.17) is 0 Å². The molecule has 0 bridgehead atoms. The van der Waals surface area contributed by atoms with E-state index in [9.17, 15) is 30.3 Å². The summed E-state index contributed by atoms with van der Waals surface area (Å²) in [5.41, 5.74) is -1.78. The van der Waals surface area contributed by atoms with Crippen molar-refractivity contribution >= 4 is 5.78 Å². The molecule has 0 saturated heterocycles. The van der Waals surface area contributed by atoms with Crippen molar-refractivity contribution in [2.24, 2.45) is 34.5 Å². The van der Waals surface area contributed by atoms with E-state index in [1.807, 2.05) is 19.9 Å². The zero-order chi connectivity index (χ0) is 20.5. The van der Waals surface area contributed by atoms with E-state index in [1.165, 1.54) is 0 Å². The van der Waals surface area contributed by atoms with Crippen LogP contribution in [0.4, 0.5) is 0 Å². The number of rotatable bonds is 3. The molecule has 0 radical (unpaired) electrons. The quantitative estimate of drug-likeness (QED) is 0.479. The number of hydrogen-bond donors (Lipinski definition) is 5. The van der Waals surface area contributed by atoms with E-state index in [0.29, 0.717) is 25.7 Å². The molecule has 0 aromatic rings. The Bertz CT molecular complexity index is 731.